The van der Waals surface area contributed by atoms with Crippen molar-refractivity contribution < 1.29 is 4.79 Å². The number of hydrogen-bond acceptors (Lipinski definition) is 2. The lowest BCUT2D eigenvalue weighted by Crippen LogP contribution is -2.24. The zero-order chi connectivity index (χ0) is 9.52. The van der Waals surface area contributed by atoms with Gasteiger partial charge in [0.05, 0.1) is 6.21 Å². The van der Waals surface area contributed by atoms with E-state index in [0.29, 0.717) is 12.2 Å². The molecule has 0 saturated carbocycles. The van der Waals surface area contributed by atoms with Crippen molar-refractivity contribution in [2.24, 2.45) is 5.10 Å². The first-order valence-electron chi connectivity index (χ1n) is 4.57. The Morgan fingerprint density at radius 3 is 3.00 bits per heavy atom. The van der Waals surface area contributed by atoms with Crippen LogP contribution in [0.1, 0.15) is 32.6 Å². The van der Waals surface area contributed by atoms with E-state index in [1.807, 2.05) is 0 Å². The third-order valence-corrected chi connectivity index (χ3v) is 1.74. The molecule has 1 heterocycles. The van der Waals surface area contributed by atoms with Crippen molar-refractivity contribution in [3.8, 4) is 0 Å². The Morgan fingerprint density at radius 1 is 1.54 bits per heavy atom. The normalized spacial score (nSPS) is 13.8. The molecule has 0 aromatic carbocycles. The molecule has 0 saturated heterocycles. The highest BCUT2D eigenvalue weighted by atomic mass is 16.1. The second-order valence-electron chi connectivity index (χ2n) is 2.92. The Bertz CT molecular complexity index is 233. The average molecular weight is 180 g/mol. The van der Waals surface area contributed by atoms with Gasteiger partial charge >= 0.3 is 0 Å². The van der Waals surface area contributed by atoms with E-state index in [1.54, 1.807) is 12.3 Å². The van der Waals surface area contributed by atoms with Crippen molar-refractivity contribution in [1.29, 1.82) is 0 Å². The summed E-state index contributed by atoms with van der Waals surface area (Å²) in [7, 11) is 0. The van der Waals surface area contributed by atoms with Crippen LogP contribution in [0.2, 0.25) is 0 Å². The zero-order valence-corrected chi connectivity index (χ0v) is 7.79. The van der Waals surface area contributed by atoms with Crippen LogP contribution in [0.25, 0.3) is 0 Å². The van der Waals surface area contributed by atoms with Gasteiger partial charge in [-0.05, 0) is 6.42 Å². The molecule has 1 radical (unpaired) electrons. The van der Waals surface area contributed by atoms with Crippen LogP contribution >= 0.6 is 0 Å². The van der Waals surface area contributed by atoms with Gasteiger partial charge in [-0.15, -0.1) is 5.43 Å². The van der Waals surface area contributed by atoms with Crippen LogP contribution in [0.3, 0.4) is 0 Å². The number of hydrogen-bond donors (Lipinski definition) is 1. The van der Waals surface area contributed by atoms with Crippen LogP contribution in [0.4, 0.5) is 0 Å². The lowest BCUT2D eigenvalue weighted by molar-refractivity contribution is -0.120. The number of unbranched alkanes of at least 4 members (excludes halogenated alkanes) is 2. The summed E-state index contributed by atoms with van der Waals surface area (Å²) in [4.78, 5) is 11.2. The van der Waals surface area contributed by atoms with Gasteiger partial charge in [-0.3, -0.25) is 4.79 Å². The summed E-state index contributed by atoms with van der Waals surface area (Å²) in [6.07, 6.45) is 6.97. The molecule has 0 fully saturated rings. The lowest BCUT2D eigenvalue weighted by atomic mass is 10.2. The summed E-state index contributed by atoms with van der Waals surface area (Å²) in [5.74, 6) is 0.565. The van der Waals surface area contributed by atoms with E-state index < -0.39 is 0 Å². The number of nitrogens with one attached hydrogen (secondary N) is 1. The zero-order valence-electron chi connectivity index (χ0n) is 7.79. The molecule has 0 spiro atoms. The van der Waals surface area contributed by atoms with E-state index in [1.165, 1.54) is 0 Å². The fraction of sp³-hybridized carbons (Fsp3) is 0.556. The van der Waals surface area contributed by atoms with Gasteiger partial charge in [0, 0.05) is 12.5 Å². The van der Waals surface area contributed by atoms with Crippen LogP contribution in [0, 0.1) is 0 Å². The minimum absolute atomic E-state index is 0.0222. The van der Waals surface area contributed by atoms with Crippen molar-refractivity contribution in [2.75, 3.05) is 0 Å². The topological polar surface area (TPSA) is 55.6 Å². The molecule has 1 aliphatic rings. The molecular formula is C9H14N3O. The Labute approximate surface area is 78.1 Å². The maximum atomic E-state index is 11.2. The summed E-state index contributed by atoms with van der Waals surface area (Å²) in [6.45, 7) is 2.11. The second kappa shape index (κ2) is 5.35. The molecule has 0 aliphatic carbocycles. The number of amides is 1. The van der Waals surface area contributed by atoms with Gasteiger partial charge in [-0.1, -0.05) is 19.8 Å². The predicted octanol–water partition coefficient (Wildman–Crippen LogP) is 1.13. The quantitative estimate of drug-likeness (QED) is 0.633. The van der Waals surface area contributed by atoms with Gasteiger partial charge in [-0.2, -0.15) is 5.10 Å². The molecule has 4 nitrogen and oxygen atoms in total. The van der Waals surface area contributed by atoms with Gasteiger partial charge in [0.2, 0.25) is 5.91 Å². The molecular weight excluding hydrogens is 166 g/mol. The van der Waals surface area contributed by atoms with Crippen molar-refractivity contribution in [3.05, 3.63) is 11.9 Å². The first kappa shape index (κ1) is 9.77. The molecule has 1 aliphatic heterocycles. The van der Waals surface area contributed by atoms with E-state index >= 15 is 0 Å². The minimum atomic E-state index is 0.0222. The average Bonchev–Trinajstić information content (AvgIpc) is 2.57. The highest BCUT2D eigenvalue weighted by molar-refractivity contribution is 5.81. The van der Waals surface area contributed by atoms with Crippen LogP contribution < -0.4 is 10.7 Å². The van der Waals surface area contributed by atoms with E-state index in [-0.39, 0.29) is 5.91 Å². The second-order valence-corrected chi connectivity index (χ2v) is 2.92. The van der Waals surface area contributed by atoms with Crippen LogP contribution in [0.15, 0.2) is 17.0 Å². The molecule has 1 N–H and O–H groups in total. The van der Waals surface area contributed by atoms with Gasteiger partial charge in [0.25, 0.3) is 0 Å². The summed E-state index contributed by atoms with van der Waals surface area (Å²) in [5, 5.41) is 6.28. The summed E-state index contributed by atoms with van der Waals surface area (Å²) < 4.78 is 0. The van der Waals surface area contributed by atoms with Crippen molar-refractivity contribution in [3.63, 3.8) is 0 Å². The third kappa shape index (κ3) is 3.73. The number of carbonyl (C=O) groups excluding carboxylic acids is 1. The van der Waals surface area contributed by atoms with Crippen LogP contribution in [-0.4, -0.2) is 12.1 Å². The largest absolute Gasteiger partial charge is 0.309 e. The SMILES string of the molecule is CCCCCC(=O)NC1=CC=N[N]1. The minimum Gasteiger partial charge on any atom is -0.309 e. The van der Waals surface area contributed by atoms with Crippen LogP contribution in [-0.2, 0) is 4.79 Å². The standard InChI is InChI=1S/C9H14N3O/c1-2-3-4-5-9(13)11-8-6-7-10-12-8/h6-7H,2-5H2,1H3,(H,11,13). The Balaban J connectivity index is 2.11. The Morgan fingerprint density at radius 2 is 2.38 bits per heavy atom. The number of rotatable bonds is 5. The number of nitrogens with zero attached hydrogens (tertiary/aromatic N) is 2. The molecule has 1 amide bonds. The summed E-state index contributed by atoms with van der Waals surface area (Å²) in [6, 6.07) is 0. The third-order valence-electron chi connectivity index (χ3n) is 1.74. The first-order chi connectivity index (χ1) is 6.33. The highest BCUT2D eigenvalue weighted by Gasteiger charge is 2.06. The summed E-state index contributed by atoms with van der Waals surface area (Å²) >= 11 is 0. The maximum Gasteiger partial charge on any atom is 0.225 e. The van der Waals surface area contributed by atoms with Crippen LogP contribution in [0.5, 0.6) is 0 Å². The van der Waals surface area contributed by atoms with Crippen molar-refractivity contribution in [2.45, 2.75) is 32.6 Å². The van der Waals surface area contributed by atoms with E-state index in [9.17, 15) is 4.79 Å². The van der Waals surface area contributed by atoms with Gasteiger partial charge in [0.15, 0.2) is 5.82 Å². The summed E-state index contributed by atoms with van der Waals surface area (Å²) in [5.41, 5.74) is 3.70. The molecule has 0 aromatic rings. The highest BCUT2D eigenvalue weighted by Crippen LogP contribution is 2.00. The van der Waals surface area contributed by atoms with E-state index in [0.717, 1.165) is 19.3 Å². The first-order valence-corrected chi connectivity index (χ1v) is 4.57. The smallest absolute Gasteiger partial charge is 0.225 e. The van der Waals surface area contributed by atoms with Gasteiger partial charge < -0.3 is 5.32 Å². The molecule has 1 rings (SSSR count). The number of allylic oxidation sites excluding steroid dienone is 1. The molecule has 0 bridgehead atoms. The fourth-order valence-electron chi connectivity index (χ4n) is 1.04. The molecule has 13 heavy (non-hydrogen) atoms. The van der Waals surface area contributed by atoms with Gasteiger partial charge in [-0.25, -0.2) is 0 Å². The number of carbonyl (C=O) groups is 1. The molecule has 0 aromatic heterocycles. The fourth-order valence-corrected chi connectivity index (χ4v) is 1.04. The molecule has 0 unspecified atom stereocenters. The maximum absolute atomic E-state index is 11.2. The van der Waals surface area contributed by atoms with Crippen molar-refractivity contribution in [1.82, 2.24) is 10.7 Å². The molecule has 0 atom stereocenters. The molecule has 4 heteroatoms. The Kier molecular flexibility index (Phi) is 4.02. The Hall–Kier alpha value is -1.32. The van der Waals surface area contributed by atoms with E-state index in [4.69, 9.17) is 0 Å². The monoisotopic (exact) mass is 180 g/mol. The van der Waals surface area contributed by atoms with Gasteiger partial charge in [0.1, 0.15) is 0 Å². The molecule has 71 valence electrons. The van der Waals surface area contributed by atoms with Crippen molar-refractivity contribution >= 4 is 12.1 Å². The predicted molar refractivity (Wildman–Crippen MR) is 51.0 cm³/mol. The lowest BCUT2D eigenvalue weighted by Gasteiger charge is -2.02. The van der Waals surface area contributed by atoms with E-state index in [2.05, 4.69) is 22.8 Å².